The minimum atomic E-state index is 0.652. The molecule has 8 N–H and O–H groups in total. The van der Waals surface area contributed by atoms with Crippen LogP contribution in [0.25, 0.3) is 88.6 Å². The maximum atomic E-state index is 6.35. The predicted octanol–water partition coefficient (Wildman–Crippen LogP) is 16.3. The van der Waals surface area contributed by atoms with Gasteiger partial charge < -0.3 is 59.3 Å². The number of hydrogen-bond acceptors (Lipinski definition) is 16. The summed E-state index contributed by atoms with van der Waals surface area (Å²) in [7, 11) is 0. The zero-order chi connectivity index (χ0) is 66.6. The minimum absolute atomic E-state index is 0.652. The van der Waals surface area contributed by atoms with Gasteiger partial charge >= 0.3 is 0 Å². The van der Waals surface area contributed by atoms with Gasteiger partial charge in [-0.3, -0.25) is 0 Å². The number of rotatable bonds is 13. The van der Waals surface area contributed by atoms with Crippen LogP contribution in [0, 0.1) is 55.4 Å². The summed E-state index contributed by atoms with van der Waals surface area (Å²) in [4.78, 5) is 21.0. The van der Waals surface area contributed by atoms with Gasteiger partial charge in [0.05, 0.1) is 98.4 Å². The third-order valence-electron chi connectivity index (χ3n) is 17.0. The molecule has 96 heavy (non-hydrogen) atoms. The molecule has 0 unspecified atom stereocenters. The van der Waals surface area contributed by atoms with Crippen LogP contribution < -0.4 is 22.5 Å². The largest absolute Gasteiger partial charge is 0.397 e. The van der Waals surface area contributed by atoms with Crippen molar-refractivity contribution in [3.63, 3.8) is 0 Å². The molecule has 0 atom stereocenters. The van der Waals surface area contributed by atoms with E-state index in [1.165, 1.54) is 22.3 Å². The molecular formula is C76H72N16O4. The van der Waals surface area contributed by atoms with Gasteiger partial charge in [0.1, 0.15) is 39.6 Å². The van der Waals surface area contributed by atoms with E-state index in [4.69, 9.17) is 40.3 Å². The van der Waals surface area contributed by atoms with E-state index in [2.05, 4.69) is 151 Å². The van der Waals surface area contributed by atoms with Crippen LogP contribution in [0.1, 0.15) is 68.1 Å². The third kappa shape index (κ3) is 13.1. The highest BCUT2D eigenvalue weighted by Gasteiger charge is 2.21. The number of H-pyrrole nitrogens is 1. The summed E-state index contributed by atoms with van der Waals surface area (Å²) in [6, 6.07) is 57.7. The Morgan fingerprint density at radius 3 is 1.24 bits per heavy atom. The van der Waals surface area contributed by atoms with Crippen molar-refractivity contribution < 1.29 is 18.1 Å². The summed E-state index contributed by atoms with van der Waals surface area (Å²) in [5, 5.41) is 19.8. The van der Waals surface area contributed by atoms with Gasteiger partial charge in [0.15, 0.2) is 0 Å². The number of hydrogen-bond donors (Lipinski definition) is 5. The molecule has 16 aromatic rings. The second-order valence-corrected chi connectivity index (χ2v) is 23.8. The molecule has 0 spiro atoms. The molecule has 20 nitrogen and oxygen atoms in total. The quantitative estimate of drug-likeness (QED) is 0.0671. The number of anilines is 4. The maximum absolute atomic E-state index is 6.35. The van der Waals surface area contributed by atoms with Crippen molar-refractivity contribution in [1.29, 1.82) is 0 Å². The predicted molar refractivity (Wildman–Crippen MR) is 379 cm³/mol. The minimum Gasteiger partial charge on any atom is -0.397 e. The summed E-state index contributed by atoms with van der Waals surface area (Å²) in [6.45, 7) is 18.4. The number of nitrogen functional groups attached to an aromatic ring is 3. The molecule has 0 amide bonds. The van der Waals surface area contributed by atoms with Crippen LogP contribution in [-0.4, -0.2) is 59.2 Å². The van der Waals surface area contributed by atoms with Crippen LogP contribution in [0.2, 0.25) is 0 Å². The number of nitrogens with zero attached hydrogens (tertiary/aromatic N) is 11. The Bertz CT molecular complexity index is 5290. The summed E-state index contributed by atoms with van der Waals surface area (Å²) in [5.74, 6) is 3.19. The fourth-order valence-electron chi connectivity index (χ4n) is 12.5. The fourth-order valence-corrected chi connectivity index (χ4v) is 12.5. The molecule has 0 aliphatic carbocycles. The average Bonchev–Trinajstić information content (AvgIpc) is 1.62. The Morgan fingerprint density at radius 1 is 0.385 bits per heavy atom. The van der Waals surface area contributed by atoms with E-state index in [1.54, 1.807) is 6.33 Å². The standard InChI is InChI=1S/C26H24N4O.2C19H18N4O.C12H12N4O/c1-18-25(19(2)31-29-18)22-13-23(27-15-20-9-5-3-6-10-20)26-24(14-22)30(17-28-26)16-21-11-7-4-8-12-21;1-12-18(13(2)24-22-12)15-8-16(20)19-17(9-15)23(11-21-19)10-14-6-4-3-5-7-14;1-12-18(13(2)24-22-12)15-8-16(20)19-17(9-15)21-11-23(19)10-14-6-4-3-5-7-14;1-6-11(7(2)17-16-6)8-3-9(13)12-10(4-8)14-5-15-12/h3-14,17,27H,15-16H2,1-2H3;2*3-9,11H,10,20H2,1-2H3;3-5H,13H2,1-2H3,(H,14,15). The zero-order valence-electron chi connectivity index (χ0n) is 54.6. The zero-order valence-corrected chi connectivity index (χ0v) is 54.6. The molecule has 0 saturated carbocycles. The van der Waals surface area contributed by atoms with E-state index in [9.17, 15) is 0 Å². The van der Waals surface area contributed by atoms with E-state index < -0.39 is 0 Å². The number of nitrogens with two attached hydrogens (primary N) is 3. The molecule has 0 bridgehead atoms. The van der Waals surface area contributed by atoms with Gasteiger partial charge in [-0.15, -0.1) is 0 Å². The first-order valence-corrected chi connectivity index (χ1v) is 31.4. The van der Waals surface area contributed by atoms with E-state index >= 15 is 0 Å². The van der Waals surface area contributed by atoms with Crippen molar-refractivity contribution in [2.24, 2.45) is 0 Å². The van der Waals surface area contributed by atoms with E-state index in [0.717, 1.165) is 166 Å². The van der Waals surface area contributed by atoms with Gasteiger partial charge in [-0.1, -0.05) is 142 Å². The number of imidazole rings is 4. The SMILES string of the molecule is Cc1noc(C)c1-c1cc(N)c2c(c1)ncn2Cc1ccccc1.Cc1noc(C)c1-c1cc(N)c2nc[nH]c2c1.Cc1noc(C)c1-c1cc(N)c2ncn(Cc3ccccc3)c2c1.Cc1noc(C)c1-c1cc(NCc2ccccc2)c2ncn(Cc3ccccc3)c2c1. The second kappa shape index (κ2) is 27.1. The molecular weight excluding hydrogens is 1200 g/mol. The highest BCUT2D eigenvalue weighted by molar-refractivity contribution is 5.96. The van der Waals surface area contributed by atoms with E-state index in [-0.39, 0.29) is 0 Å². The van der Waals surface area contributed by atoms with Gasteiger partial charge in [-0.05, 0) is 148 Å². The number of nitrogens with one attached hydrogen (secondary N) is 2. The van der Waals surface area contributed by atoms with Crippen LogP contribution in [0.15, 0.2) is 213 Å². The molecule has 0 aliphatic heterocycles. The van der Waals surface area contributed by atoms with Crippen LogP contribution in [0.5, 0.6) is 0 Å². The Balaban J connectivity index is 0.000000118. The second-order valence-electron chi connectivity index (χ2n) is 23.8. The smallest absolute Gasteiger partial charge is 0.141 e. The Morgan fingerprint density at radius 2 is 0.771 bits per heavy atom. The number of aryl methyl sites for hydroxylation is 8. The van der Waals surface area contributed by atoms with Gasteiger partial charge in [0.2, 0.25) is 0 Å². The molecule has 0 aliphatic rings. The van der Waals surface area contributed by atoms with Crippen molar-refractivity contribution in [2.45, 2.75) is 81.6 Å². The van der Waals surface area contributed by atoms with E-state index in [0.29, 0.717) is 17.1 Å². The first kappa shape index (κ1) is 62.5. The van der Waals surface area contributed by atoms with Crippen molar-refractivity contribution in [2.75, 3.05) is 22.5 Å². The number of aromatic amines is 1. The first-order chi connectivity index (χ1) is 46.6. The lowest BCUT2D eigenvalue weighted by molar-refractivity contribution is 0.393. The molecule has 20 heteroatoms. The van der Waals surface area contributed by atoms with Crippen molar-refractivity contribution in [3.05, 3.63) is 263 Å². The third-order valence-corrected chi connectivity index (χ3v) is 17.0. The molecule has 8 aromatic heterocycles. The molecule has 0 radical (unpaired) electrons. The summed E-state index contributed by atoms with van der Waals surface area (Å²) >= 11 is 0. The molecule has 16 rings (SSSR count). The first-order valence-electron chi connectivity index (χ1n) is 31.4. The van der Waals surface area contributed by atoms with Crippen LogP contribution in [0.4, 0.5) is 22.7 Å². The highest BCUT2D eigenvalue weighted by atomic mass is 16.5. The number of fused-ring (bicyclic) bond motifs is 4. The monoisotopic (exact) mass is 1270 g/mol. The topological polar surface area (TPSA) is 276 Å². The Hall–Kier alpha value is -12.3. The molecule has 480 valence electrons. The molecule has 0 fully saturated rings. The van der Waals surface area contributed by atoms with Crippen molar-refractivity contribution in [1.82, 2.24) is 59.2 Å². The summed E-state index contributed by atoms with van der Waals surface area (Å²) in [6.07, 6.45) is 7.23. The molecule has 0 saturated heterocycles. The number of benzene rings is 8. The lowest BCUT2D eigenvalue weighted by Gasteiger charge is -2.12. The van der Waals surface area contributed by atoms with Crippen LogP contribution >= 0.6 is 0 Å². The summed E-state index contributed by atoms with van der Waals surface area (Å²) in [5.41, 5.74) is 45.4. The molecule has 8 heterocycles. The van der Waals surface area contributed by atoms with Gasteiger partial charge in [0, 0.05) is 48.4 Å². The Labute approximate surface area is 553 Å². The summed E-state index contributed by atoms with van der Waals surface area (Å²) < 4.78 is 27.6. The normalized spacial score (nSPS) is 11.2. The van der Waals surface area contributed by atoms with E-state index in [1.807, 2.05) is 153 Å². The lowest BCUT2D eigenvalue weighted by atomic mass is 10.0. The average molecular weight is 1270 g/mol. The van der Waals surface area contributed by atoms with Crippen molar-refractivity contribution in [3.8, 4) is 44.5 Å². The van der Waals surface area contributed by atoms with Crippen molar-refractivity contribution >= 4 is 66.9 Å². The van der Waals surface area contributed by atoms with Gasteiger partial charge in [-0.25, -0.2) is 19.9 Å². The number of aromatic nitrogens is 12. The maximum Gasteiger partial charge on any atom is 0.141 e. The van der Waals surface area contributed by atoms with Crippen LogP contribution in [0.3, 0.4) is 0 Å². The van der Waals surface area contributed by atoms with Crippen LogP contribution in [-0.2, 0) is 26.2 Å². The lowest BCUT2D eigenvalue weighted by Crippen LogP contribution is -2.02. The van der Waals surface area contributed by atoms with Gasteiger partial charge in [-0.2, -0.15) is 0 Å². The highest BCUT2D eigenvalue weighted by Crippen LogP contribution is 2.38. The molecule has 8 aromatic carbocycles. The Kier molecular flexibility index (Phi) is 17.6. The van der Waals surface area contributed by atoms with Gasteiger partial charge in [0.25, 0.3) is 0 Å². The fraction of sp³-hybridized carbons (Fsp3) is 0.158.